The van der Waals surface area contributed by atoms with Crippen molar-refractivity contribution in [3.8, 4) is 34.3 Å². The van der Waals surface area contributed by atoms with Gasteiger partial charge in [-0.2, -0.15) is 0 Å². The van der Waals surface area contributed by atoms with Crippen LogP contribution in [0.25, 0.3) is 11.3 Å². The van der Waals surface area contributed by atoms with Gasteiger partial charge in [0.2, 0.25) is 5.76 Å². The molecule has 0 unspecified atom stereocenters. The minimum Gasteiger partial charge on any atom is -0.508 e. The summed E-state index contributed by atoms with van der Waals surface area (Å²) in [5.74, 6) is 0.422. The summed E-state index contributed by atoms with van der Waals surface area (Å²) < 4.78 is 16.0. The van der Waals surface area contributed by atoms with E-state index in [4.69, 9.17) is 14.0 Å². The molecule has 0 radical (unpaired) electrons. The molecule has 2 N–H and O–H groups in total. The summed E-state index contributed by atoms with van der Waals surface area (Å²) in [5, 5.41) is 27.2. The Labute approximate surface area is 187 Å². The summed E-state index contributed by atoms with van der Waals surface area (Å²) in [6.45, 7) is 0. The SMILES string of the molecule is COc1cccc(-c2cc(C(=O)Nc3cc(Oc4ccc(O)cc4)cc([N+](=O)[O-])c3)on2)c1. The van der Waals surface area contributed by atoms with Crippen LogP contribution in [0.4, 0.5) is 11.4 Å². The lowest BCUT2D eigenvalue weighted by atomic mass is 10.1. The summed E-state index contributed by atoms with van der Waals surface area (Å²) in [4.78, 5) is 23.4. The Balaban J connectivity index is 1.56. The van der Waals surface area contributed by atoms with Gasteiger partial charge in [0.1, 0.15) is 28.7 Å². The lowest BCUT2D eigenvalue weighted by molar-refractivity contribution is -0.384. The van der Waals surface area contributed by atoms with E-state index in [1.54, 1.807) is 31.4 Å². The van der Waals surface area contributed by atoms with Crippen molar-refractivity contribution in [2.24, 2.45) is 0 Å². The van der Waals surface area contributed by atoms with Crippen LogP contribution < -0.4 is 14.8 Å². The molecule has 10 nitrogen and oxygen atoms in total. The first-order valence-corrected chi connectivity index (χ1v) is 9.60. The fraction of sp³-hybridized carbons (Fsp3) is 0.0435. The molecule has 4 aromatic rings. The summed E-state index contributed by atoms with van der Waals surface area (Å²) in [6, 6.07) is 18.2. The minimum atomic E-state index is -0.646. The molecule has 0 atom stereocenters. The standard InChI is InChI=1S/C23H17N3O7/c1-31-19-4-2-3-14(9-19)21-13-22(33-25-21)23(28)24-15-10-16(26(29)30)12-20(11-15)32-18-7-5-17(27)6-8-18/h2-13,27H,1H3,(H,24,28). The van der Waals surface area contributed by atoms with Crippen LogP contribution in [-0.4, -0.2) is 28.2 Å². The maximum atomic E-state index is 12.7. The molecule has 0 bridgehead atoms. The van der Waals surface area contributed by atoms with Crippen LogP contribution in [0.3, 0.4) is 0 Å². The number of non-ortho nitro benzene ring substituents is 1. The van der Waals surface area contributed by atoms with E-state index in [9.17, 15) is 20.0 Å². The number of rotatable bonds is 7. The highest BCUT2D eigenvalue weighted by Gasteiger charge is 2.18. The molecule has 0 saturated carbocycles. The Hall–Kier alpha value is -4.86. The van der Waals surface area contributed by atoms with E-state index in [2.05, 4.69) is 10.5 Å². The highest BCUT2D eigenvalue weighted by atomic mass is 16.6. The second kappa shape index (κ2) is 9.10. The normalized spacial score (nSPS) is 10.5. The zero-order valence-corrected chi connectivity index (χ0v) is 17.2. The van der Waals surface area contributed by atoms with Gasteiger partial charge in [-0.05, 0) is 36.4 Å². The number of benzene rings is 3. The fourth-order valence-electron chi connectivity index (χ4n) is 2.96. The molecule has 0 aliphatic heterocycles. The minimum absolute atomic E-state index is 0.0507. The van der Waals surface area contributed by atoms with Crippen molar-refractivity contribution < 1.29 is 28.8 Å². The number of hydrogen-bond donors (Lipinski definition) is 2. The van der Waals surface area contributed by atoms with Gasteiger partial charge in [0, 0.05) is 23.8 Å². The molecule has 1 heterocycles. The highest BCUT2D eigenvalue weighted by Crippen LogP contribution is 2.31. The van der Waals surface area contributed by atoms with Crippen LogP contribution in [0.1, 0.15) is 10.6 Å². The van der Waals surface area contributed by atoms with Crippen molar-refractivity contribution in [3.63, 3.8) is 0 Å². The topological polar surface area (TPSA) is 137 Å². The maximum absolute atomic E-state index is 12.7. The molecule has 10 heteroatoms. The average Bonchev–Trinajstić information content (AvgIpc) is 3.31. The first kappa shape index (κ1) is 21.4. The van der Waals surface area contributed by atoms with Gasteiger partial charge in [-0.1, -0.05) is 17.3 Å². The molecule has 0 spiro atoms. The van der Waals surface area contributed by atoms with E-state index in [1.165, 1.54) is 48.5 Å². The van der Waals surface area contributed by atoms with E-state index in [-0.39, 0.29) is 28.6 Å². The lowest BCUT2D eigenvalue weighted by Crippen LogP contribution is -2.11. The Morgan fingerprint density at radius 3 is 2.55 bits per heavy atom. The summed E-state index contributed by atoms with van der Waals surface area (Å²) in [6.07, 6.45) is 0. The second-order valence-electron chi connectivity index (χ2n) is 6.83. The average molecular weight is 447 g/mol. The third-order valence-corrected chi connectivity index (χ3v) is 4.53. The molecule has 33 heavy (non-hydrogen) atoms. The number of aromatic nitrogens is 1. The van der Waals surface area contributed by atoms with Crippen molar-refractivity contribution in [3.05, 3.63) is 88.7 Å². The number of phenolic OH excluding ortho intramolecular Hbond substituents is 1. The van der Waals surface area contributed by atoms with Crippen LogP contribution in [0.15, 0.2) is 77.3 Å². The molecular formula is C23H17N3O7. The number of anilines is 1. The number of nitrogens with zero attached hydrogens (tertiary/aromatic N) is 2. The quantitative estimate of drug-likeness (QED) is 0.298. The van der Waals surface area contributed by atoms with Crippen LogP contribution in [0.5, 0.6) is 23.0 Å². The van der Waals surface area contributed by atoms with Crippen LogP contribution in [-0.2, 0) is 0 Å². The second-order valence-corrected chi connectivity index (χ2v) is 6.83. The van der Waals surface area contributed by atoms with Gasteiger partial charge in [-0.15, -0.1) is 0 Å². The van der Waals surface area contributed by atoms with Crippen molar-refractivity contribution >= 4 is 17.3 Å². The predicted molar refractivity (Wildman–Crippen MR) is 118 cm³/mol. The molecule has 0 fully saturated rings. The molecule has 4 rings (SSSR count). The number of carbonyl (C=O) groups is 1. The van der Waals surface area contributed by atoms with Gasteiger partial charge in [0.25, 0.3) is 11.6 Å². The molecule has 0 aliphatic rings. The molecule has 1 aromatic heterocycles. The Bertz CT molecular complexity index is 1320. The first-order chi connectivity index (χ1) is 15.9. The zero-order valence-electron chi connectivity index (χ0n) is 17.2. The first-order valence-electron chi connectivity index (χ1n) is 9.60. The van der Waals surface area contributed by atoms with E-state index < -0.39 is 10.8 Å². The maximum Gasteiger partial charge on any atom is 0.294 e. The number of hydrogen-bond acceptors (Lipinski definition) is 8. The molecule has 0 aliphatic carbocycles. The van der Waals surface area contributed by atoms with Gasteiger partial charge in [0.15, 0.2) is 0 Å². The molecule has 3 aromatic carbocycles. The highest BCUT2D eigenvalue weighted by molar-refractivity contribution is 6.03. The molecule has 1 amide bonds. The van der Waals surface area contributed by atoms with Crippen LogP contribution >= 0.6 is 0 Å². The number of carbonyl (C=O) groups excluding carboxylic acids is 1. The van der Waals surface area contributed by atoms with E-state index >= 15 is 0 Å². The van der Waals surface area contributed by atoms with E-state index in [0.29, 0.717) is 22.8 Å². The number of nitro groups is 1. The number of aromatic hydroxyl groups is 1. The Morgan fingerprint density at radius 1 is 1.03 bits per heavy atom. The van der Waals surface area contributed by atoms with E-state index in [1.807, 2.05) is 0 Å². The molecular weight excluding hydrogens is 430 g/mol. The largest absolute Gasteiger partial charge is 0.508 e. The number of methoxy groups -OCH3 is 1. The van der Waals surface area contributed by atoms with Gasteiger partial charge >= 0.3 is 0 Å². The summed E-state index contributed by atoms with van der Waals surface area (Å²) >= 11 is 0. The Morgan fingerprint density at radius 2 is 1.82 bits per heavy atom. The van der Waals surface area contributed by atoms with Crippen molar-refractivity contribution in [2.75, 3.05) is 12.4 Å². The number of amides is 1. The third kappa shape index (κ3) is 5.07. The van der Waals surface area contributed by atoms with Gasteiger partial charge < -0.3 is 24.4 Å². The van der Waals surface area contributed by atoms with Gasteiger partial charge in [-0.3, -0.25) is 14.9 Å². The number of phenols is 1. The molecule has 166 valence electrons. The van der Waals surface area contributed by atoms with Crippen molar-refractivity contribution in [2.45, 2.75) is 0 Å². The van der Waals surface area contributed by atoms with Crippen LogP contribution in [0.2, 0.25) is 0 Å². The lowest BCUT2D eigenvalue weighted by Gasteiger charge is -2.09. The number of nitro benzene ring substituents is 1. The van der Waals surface area contributed by atoms with Gasteiger partial charge in [0.05, 0.1) is 23.8 Å². The van der Waals surface area contributed by atoms with Crippen LogP contribution in [0, 0.1) is 10.1 Å². The summed E-state index contributed by atoms with van der Waals surface area (Å²) in [5.41, 5.74) is 0.963. The Kier molecular flexibility index (Phi) is 5.90. The molecule has 0 saturated heterocycles. The third-order valence-electron chi connectivity index (χ3n) is 4.53. The predicted octanol–water partition coefficient (Wildman–Crippen LogP) is 5.01. The zero-order chi connectivity index (χ0) is 23.4. The number of nitrogens with one attached hydrogen (secondary N) is 1. The van der Waals surface area contributed by atoms with Crippen molar-refractivity contribution in [1.82, 2.24) is 5.16 Å². The van der Waals surface area contributed by atoms with Gasteiger partial charge in [-0.25, -0.2) is 0 Å². The summed E-state index contributed by atoms with van der Waals surface area (Å²) in [7, 11) is 1.54. The smallest absolute Gasteiger partial charge is 0.294 e. The van der Waals surface area contributed by atoms with E-state index in [0.717, 1.165) is 0 Å². The number of ether oxygens (including phenoxy) is 2. The fourth-order valence-corrected chi connectivity index (χ4v) is 2.96. The van der Waals surface area contributed by atoms with Crippen molar-refractivity contribution in [1.29, 1.82) is 0 Å². The monoisotopic (exact) mass is 447 g/mol.